The number of para-hydroxylation sites is 2. The summed E-state index contributed by atoms with van der Waals surface area (Å²) in [6, 6.07) is 53.6. The second kappa shape index (κ2) is 9.62. The van der Waals surface area contributed by atoms with Gasteiger partial charge in [-0.25, -0.2) is 4.98 Å². The molecule has 1 heterocycles. The third-order valence-electron chi connectivity index (χ3n) is 7.94. The lowest BCUT2D eigenvalue weighted by Gasteiger charge is -2.16. The molecule has 192 valence electrons. The third-order valence-corrected chi connectivity index (χ3v) is 7.94. The highest BCUT2D eigenvalue weighted by Gasteiger charge is 2.15. The average Bonchev–Trinajstić information content (AvgIpc) is 3.49. The molecule has 0 aliphatic heterocycles. The molecule has 0 amide bonds. The van der Waals surface area contributed by atoms with Crippen LogP contribution >= 0.6 is 0 Å². The lowest BCUT2D eigenvalue weighted by atomic mass is 9.88. The average molecular weight is 524 g/mol. The summed E-state index contributed by atoms with van der Waals surface area (Å²) in [5, 5.41) is 4.98. The first-order valence-electron chi connectivity index (χ1n) is 13.9. The van der Waals surface area contributed by atoms with Crippen LogP contribution < -0.4 is 0 Å². The molecule has 2 heteroatoms. The van der Waals surface area contributed by atoms with Crippen molar-refractivity contribution in [3.05, 3.63) is 152 Å². The standard InChI is InChI=1S/C39H25NO/c1-3-13-31-26(9-1)11-7-15-33(31)30-23-24-35(34-16-8-12-27-10-2-4-14-32(27)34)36(25-30)28-19-21-29(22-20-28)39-40-37-17-5-6-18-38(37)41-39/h1-25H. The Morgan fingerprint density at radius 3 is 1.73 bits per heavy atom. The van der Waals surface area contributed by atoms with Crippen molar-refractivity contribution in [2.45, 2.75) is 0 Å². The van der Waals surface area contributed by atoms with Crippen molar-refractivity contribution in [2.24, 2.45) is 0 Å². The quantitative estimate of drug-likeness (QED) is 0.229. The Kier molecular flexibility index (Phi) is 5.49. The van der Waals surface area contributed by atoms with Crippen molar-refractivity contribution in [3.63, 3.8) is 0 Å². The van der Waals surface area contributed by atoms with Gasteiger partial charge in [0.15, 0.2) is 5.58 Å². The number of hydrogen-bond acceptors (Lipinski definition) is 2. The van der Waals surface area contributed by atoms with Crippen molar-refractivity contribution in [1.29, 1.82) is 0 Å². The zero-order valence-electron chi connectivity index (χ0n) is 22.3. The monoisotopic (exact) mass is 523 g/mol. The molecule has 0 aliphatic carbocycles. The predicted octanol–water partition coefficient (Wildman–Crippen LogP) is 10.8. The Bertz CT molecular complexity index is 2160. The molecule has 0 unspecified atom stereocenters. The van der Waals surface area contributed by atoms with Gasteiger partial charge < -0.3 is 4.42 Å². The first-order valence-corrected chi connectivity index (χ1v) is 13.9. The Balaban J connectivity index is 1.31. The van der Waals surface area contributed by atoms with E-state index in [1.54, 1.807) is 0 Å². The molecule has 41 heavy (non-hydrogen) atoms. The molecular weight excluding hydrogens is 498 g/mol. The van der Waals surface area contributed by atoms with Crippen LogP contribution in [0.1, 0.15) is 0 Å². The van der Waals surface area contributed by atoms with E-state index in [2.05, 4.69) is 127 Å². The fourth-order valence-electron chi connectivity index (χ4n) is 5.91. The van der Waals surface area contributed by atoms with Gasteiger partial charge in [0, 0.05) is 5.56 Å². The maximum Gasteiger partial charge on any atom is 0.227 e. The summed E-state index contributed by atoms with van der Waals surface area (Å²) in [5.41, 5.74) is 9.83. The Morgan fingerprint density at radius 2 is 0.976 bits per heavy atom. The summed E-state index contributed by atoms with van der Waals surface area (Å²) in [6.45, 7) is 0. The maximum absolute atomic E-state index is 6.05. The van der Waals surface area contributed by atoms with Crippen molar-refractivity contribution in [2.75, 3.05) is 0 Å². The van der Waals surface area contributed by atoms with Gasteiger partial charge in [0.25, 0.3) is 0 Å². The van der Waals surface area contributed by atoms with Crippen molar-refractivity contribution < 1.29 is 4.42 Å². The van der Waals surface area contributed by atoms with Gasteiger partial charge in [-0.3, -0.25) is 0 Å². The zero-order chi connectivity index (χ0) is 27.2. The number of aromatic nitrogens is 1. The number of rotatable bonds is 4. The molecule has 2 nitrogen and oxygen atoms in total. The first kappa shape index (κ1) is 23.4. The van der Waals surface area contributed by atoms with Gasteiger partial charge in [0.2, 0.25) is 5.89 Å². The second-order valence-electron chi connectivity index (χ2n) is 10.4. The molecule has 8 aromatic rings. The highest BCUT2D eigenvalue weighted by Crippen LogP contribution is 2.40. The van der Waals surface area contributed by atoms with E-state index in [9.17, 15) is 0 Å². The van der Waals surface area contributed by atoms with Crippen LogP contribution in [0.4, 0.5) is 0 Å². The number of benzene rings is 7. The van der Waals surface area contributed by atoms with E-state index in [4.69, 9.17) is 9.40 Å². The lowest BCUT2D eigenvalue weighted by Crippen LogP contribution is -1.90. The lowest BCUT2D eigenvalue weighted by molar-refractivity contribution is 0.620. The number of nitrogens with zero attached hydrogens (tertiary/aromatic N) is 1. The minimum Gasteiger partial charge on any atom is -0.436 e. The first-order chi connectivity index (χ1) is 20.3. The fourth-order valence-corrected chi connectivity index (χ4v) is 5.91. The van der Waals surface area contributed by atoms with Crippen LogP contribution in [0.3, 0.4) is 0 Å². The summed E-state index contributed by atoms with van der Waals surface area (Å²) in [5.74, 6) is 0.636. The molecule has 0 atom stereocenters. The Labute approximate surface area is 238 Å². The van der Waals surface area contributed by atoms with Gasteiger partial charge >= 0.3 is 0 Å². The van der Waals surface area contributed by atoms with Crippen LogP contribution in [0, 0.1) is 0 Å². The highest BCUT2D eigenvalue weighted by molar-refractivity contribution is 6.03. The number of oxazole rings is 1. The van der Waals surface area contributed by atoms with E-state index in [-0.39, 0.29) is 0 Å². The maximum atomic E-state index is 6.05. The van der Waals surface area contributed by atoms with Gasteiger partial charge in [-0.15, -0.1) is 0 Å². The smallest absolute Gasteiger partial charge is 0.227 e. The molecule has 0 fully saturated rings. The van der Waals surface area contributed by atoms with Crippen LogP contribution in [0.25, 0.3) is 77.5 Å². The molecule has 0 radical (unpaired) electrons. The molecule has 0 saturated carbocycles. The largest absolute Gasteiger partial charge is 0.436 e. The van der Waals surface area contributed by atoms with E-state index in [0.717, 1.165) is 22.2 Å². The molecule has 1 aromatic heterocycles. The molecule has 0 saturated heterocycles. The molecular formula is C39H25NO. The number of fused-ring (bicyclic) bond motifs is 3. The van der Waals surface area contributed by atoms with Crippen LogP contribution in [-0.2, 0) is 0 Å². The van der Waals surface area contributed by atoms with E-state index in [1.165, 1.54) is 49.4 Å². The minimum atomic E-state index is 0.636. The molecule has 0 N–H and O–H groups in total. The summed E-state index contributed by atoms with van der Waals surface area (Å²) >= 11 is 0. The topological polar surface area (TPSA) is 26.0 Å². The Hall–Kier alpha value is -5.47. The van der Waals surface area contributed by atoms with Crippen LogP contribution in [0.2, 0.25) is 0 Å². The molecule has 0 aliphatic rings. The zero-order valence-corrected chi connectivity index (χ0v) is 22.3. The van der Waals surface area contributed by atoms with Crippen LogP contribution in [0.5, 0.6) is 0 Å². The van der Waals surface area contributed by atoms with Gasteiger partial charge in [0.1, 0.15) is 5.52 Å². The predicted molar refractivity (Wildman–Crippen MR) is 171 cm³/mol. The SMILES string of the molecule is c1ccc2c(-c3ccc(-c4cccc5ccccc45)c(-c4ccc(-c5nc6ccccc6o5)cc4)c3)cccc2c1. The normalized spacial score (nSPS) is 11.4. The van der Waals surface area contributed by atoms with E-state index < -0.39 is 0 Å². The van der Waals surface area contributed by atoms with Gasteiger partial charge in [-0.1, -0.05) is 121 Å². The van der Waals surface area contributed by atoms with Crippen molar-refractivity contribution >= 4 is 32.6 Å². The summed E-state index contributed by atoms with van der Waals surface area (Å²) in [4.78, 5) is 4.70. The van der Waals surface area contributed by atoms with E-state index >= 15 is 0 Å². The summed E-state index contributed by atoms with van der Waals surface area (Å²) in [6.07, 6.45) is 0. The summed E-state index contributed by atoms with van der Waals surface area (Å²) < 4.78 is 6.05. The van der Waals surface area contributed by atoms with Crippen molar-refractivity contribution in [1.82, 2.24) is 4.98 Å². The van der Waals surface area contributed by atoms with E-state index in [1.807, 2.05) is 24.3 Å². The summed E-state index contributed by atoms with van der Waals surface area (Å²) in [7, 11) is 0. The molecule has 8 rings (SSSR count). The van der Waals surface area contributed by atoms with Crippen LogP contribution in [-0.4, -0.2) is 4.98 Å². The van der Waals surface area contributed by atoms with Gasteiger partial charge in [0.05, 0.1) is 0 Å². The molecule has 0 spiro atoms. The number of hydrogen-bond donors (Lipinski definition) is 0. The highest BCUT2D eigenvalue weighted by atomic mass is 16.3. The molecule has 7 aromatic carbocycles. The third kappa shape index (κ3) is 4.09. The van der Waals surface area contributed by atoms with E-state index in [0.29, 0.717) is 5.89 Å². The molecule has 0 bridgehead atoms. The minimum absolute atomic E-state index is 0.636. The fraction of sp³-hybridized carbons (Fsp3) is 0. The van der Waals surface area contributed by atoms with Gasteiger partial charge in [-0.2, -0.15) is 0 Å². The van der Waals surface area contributed by atoms with Gasteiger partial charge in [-0.05, 0) is 85.3 Å². The second-order valence-corrected chi connectivity index (χ2v) is 10.4. The van der Waals surface area contributed by atoms with Crippen LogP contribution in [0.15, 0.2) is 156 Å². The Morgan fingerprint density at radius 1 is 0.390 bits per heavy atom. The van der Waals surface area contributed by atoms with Crippen molar-refractivity contribution in [3.8, 4) is 44.8 Å².